The molecule has 1 fully saturated rings. The summed E-state index contributed by atoms with van der Waals surface area (Å²) in [7, 11) is 0. The molecule has 2 aromatic heterocycles. The third kappa shape index (κ3) is 5.73. The Kier molecular flexibility index (Phi) is 7.25. The number of carbonyl (C=O) groups excluding carboxylic acids is 1. The van der Waals surface area contributed by atoms with Crippen LogP contribution in [0.15, 0.2) is 79.4 Å². The highest BCUT2D eigenvalue weighted by Crippen LogP contribution is 2.28. The molecule has 0 saturated carbocycles. The topological polar surface area (TPSA) is 92.3 Å². The molecule has 3 heterocycles. The largest absolute Gasteiger partial charge is 0.379 e. The predicted molar refractivity (Wildman–Crippen MR) is 140 cm³/mol. The zero-order chi connectivity index (χ0) is 24.7. The Balaban J connectivity index is 1.32. The SMILES string of the molecule is Cc1ccc(C(=O)Nc2cccc(CN3CCOCC3)c2)cc1Nc1ncccc1-c1ccncn1. The second-order valence-electron chi connectivity index (χ2n) is 8.69. The molecule has 8 nitrogen and oxygen atoms in total. The average Bonchev–Trinajstić information content (AvgIpc) is 2.91. The van der Waals surface area contributed by atoms with Crippen molar-refractivity contribution in [3.05, 3.63) is 96.1 Å². The maximum atomic E-state index is 13.1. The summed E-state index contributed by atoms with van der Waals surface area (Å²) in [6, 6.07) is 19.3. The number of benzene rings is 2. The molecule has 8 heteroatoms. The number of nitrogens with zero attached hydrogens (tertiary/aromatic N) is 4. The molecule has 36 heavy (non-hydrogen) atoms. The van der Waals surface area contributed by atoms with E-state index in [0.717, 1.165) is 66.6 Å². The second-order valence-corrected chi connectivity index (χ2v) is 8.69. The summed E-state index contributed by atoms with van der Waals surface area (Å²) < 4.78 is 5.43. The molecule has 0 radical (unpaired) electrons. The Labute approximate surface area is 210 Å². The van der Waals surface area contributed by atoms with Crippen LogP contribution in [-0.4, -0.2) is 52.1 Å². The zero-order valence-corrected chi connectivity index (χ0v) is 20.1. The van der Waals surface area contributed by atoms with Crippen molar-refractivity contribution in [2.24, 2.45) is 0 Å². The van der Waals surface area contributed by atoms with E-state index in [1.54, 1.807) is 12.4 Å². The van der Waals surface area contributed by atoms with Crippen molar-refractivity contribution in [2.75, 3.05) is 36.9 Å². The molecule has 1 aliphatic heterocycles. The van der Waals surface area contributed by atoms with Gasteiger partial charge in [-0.25, -0.2) is 15.0 Å². The second kappa shape index (κ2) is 11.1. The number of ether oxygens (including phenoxy) is 1. The smallest absolute Gasteiger partial charge is 0.255 e. The molecule has 1 aliphatic rings. The van der Waals surface area contributed by atoms with E-state index in [2.05, 4.69) is 36.6 Å². The van der Waals surface area contributed by atoms with Crippen LogP contribution in [0.4, 0.5) is 17.2 Å². The van der Waals surface area contributed by atoms with Crippen LogP contribution in [-0.2, 0) is 11.3 Å². The first-order valence-electron chi connectivity index (χ1n) is 12.0. The van der Waals surface area contributed by atoms with E-state index in [-0.39, 0.29) is 5.91 Å². The van der Waals surface area contributed by atoms with E-state index in [1.165, 1.54) is 6.33 Å². The summed E-state index contributed by atoms with van der Waals surface area (Å²) in [5.41, 5.74) is 5.91. The lowest BCUT2D eigenvalue weighted by molar-refractivity contribution is 0.0342. The van der Waals surface area contributed by atoms with Crippen LogP contribution < -0.4 is 10.6 Å². The molecule has 2 aromatic carbocycles. The monoisotopic (exact) mass is 480 g/mol. The number of aryl methyl sites for hydroxylation is 1. The number of nitrogens with one attached hydrogen (secondary N) is 2. The molecule has 0 unspecified atom stereocenters. The highest BCUT2D eigenvalue weighted by atomic mass is 16.5. The van der Waals surface area contributed by atoms with Gasteiger partial charge in [-0.05, 0) is 60.5 Å². The van der Waals surface area contributed by atoms with Crippen molar-refractivity contribution in [1.29, 1.82) is 0 Å². The van der Waals surface area contributed by atoms with Crippen LogP contribution in [0.3, 0.4) is 0 Å². The van der Waals surface area contributed by atoms with E-state index in [0.29, 0.717) is 11.4 Å². The maximum absolute atomic E-state index is 13.1. The van der Waals surface area contributed by atoms with Crippen LogP contribution in [0.1, 0.15) is 21.5 Å². The van der Waals surface area contributed by atoms with E-state index < -0.39 is 0 Å². The van der Waals surface area contributed by atoms with E-state index in [9.17, 15) is 4.79 Å². The zero-order valence-electron chi connectivity index (χ0n) is 20.1. The van der Waals surface area contributed by atoms with Crippen molar-refractivity contribution >= 4 is 23.1 Å². The first kappa shape index (κ1) is 23.6. The maximum Gasteiger partial charge on any atom is 0.255 e. The van der Waals surface area contributed by atoms with Gasteiger partial charge < -0.3 is 15.4 Å². The third-order valence-electron chi connectivity index (χ3n) is 6.11. The van der Waals surface area contributed by atoms with Gasteiger partial charge in [0, 0.05) is 54.5 Å². The molecular formula is C28H28N6O2. The van der Waals surface area contributed by atoms with Gasteiger partial charge in [-0.2, -0.15) is 0 Å². The molecule has 2 N–H and O–H groups in total. The minimum absolute atomic E-state index is 0.168. The minimum atomic E-state index is -0.168. The lowest BCUT2D eigenvalue weighted by Gasteiger charge is -2.26. The van der Waals surface area contributed by atoms with Crippen LogP contribution in [0, 0.1) is 6.92 Å². The Hall–Kier alpha value is -4.14. The Bertz CT molecular complexity index is 1340. The van der Waals surface area contributed by atoms with E-state index in [4.69, 9.17) is 4.74 Å². The average molecular weight is 481 g/mol. The van der Waals surface area contributed by atoms with E-state index in [1.807, 2.05) is 61.5 Å². The van der Waals surface area contributed by atoms with Gasteiger partial charge in [0.05, 0.1) is 18.9 Å². The predicted octanol–water partition coefficient (Wildman–Crippen LogP) is 4.68. The number of anilines is 3. The van der Waals surface area contributed by atoms with Crippen LogP contribution in [0.5, 0.6) is 0 Å². The van der Waals surface area contributed by atoms with Gasteiger partial charge >= 0.3 is 0 Å². The van der Waals surface area contributed by atoms with Gasteiger partial charge in [0.25, 0.3) is 5.91 Å². The van der Waals surface area contributed by atoms with Gasteiger partial charge in [0.2, 0.25) is 0 Å². The summed E-state index contributed by atoms with van der Waals surface area (Å²) in [4.78, 5) is 28.3. The van der Waals surface area contributed by atoms with Gasteiger partial charge in [-0.15, -0.1) is 0 Å². The first-order chi connectivity index (χ1) is 17.7. The highest BCUT2D eigenvalue weighted by molar-refractivity contribution is 6.05. The summed E-state index contributed by atoms with van der Waals surface area (Å²) in [6.45, 7) is 6.20. The third-order valence-corrected chi connectivity index (χ3v) is 6.11. The number of carbonyl (C=O) groups is 1. The first-order valence-corrected chi connectivity index (χ1v) is 12.0. The fourth-order valence-electron chi connectivity index (χ4n) is 4.16. The van der Waals surface area contributed by atoms with Gasteiger partial charge in [-0.1, -0.05) is 18.2 Å². The van der Waals surface area contributed by atoms with Crippen LogP contribution in [0.2, 0.25) is 0 Å². The van der Waals surface area contributed by atoms with Crippen molar-refractivity contribution in [1.82, 2.24) is 19.9 Å². The fourth-order valence-corrected chi connectivity index (χ4v) is 4.16. The van der Waals surface area contributed by atoms with Gasteiger partial charge in [0.15, 0.2) is 0 Å². The number of morpholine rings is 1. The Morgan fingerprint density at radius 3 is 2.72 bits per heavy atom. The van der Waals surface area contributed by atoms with Gasteiger partial charge in [-0.3, -0.25) is 9.69 Å². The Morgan fingerprint density at radius 1 is 1.00 bits per heavy atom. The van der Waals surface area contributed by atoms with Crippen molar-refractivity contribution < 1.29 is 9.53 Å². The molecule has 0 aliphatic carbocycles. The molecule has 0 spiro atoms. The van der Waals surface area contributed by atoms with Crippen molar-refractivity contribution in [3.8, 4) is 11.3 Å². The Morgan fingerprint density at radius 2 is 1.89 bits per heavy atom. The number of aromatic nitrogens is 3. The molecule has 1 amide bonds. The highest BCUT2D eigenvalue weighted by Gasteiger charge is 2.14. The lowest BCUT2D eigenvalue weighted by atomic mass is 10.1. The molecular weight excluding hydrogens is 452 g/mol. The molecule has 0 atom stereocenters. The minimum Gasteiger partial charge on any atom is -0.379 e. The number of hydrogen-bond donors (Lipinski definition) is 2. The number of pyridine rings is 1. The molecule has 0 bridgehead atoms. The van der Waals surface area contributed by atoms with Crippen LogP contribution in [0.25, 0.3) is 11.3 Å². The number of amides is 1. The molecule has 5 rings (SSSR count). The standard InChI is InChI=1S/C28H28N6O2/c1-20-7-8-22(17-26(20)33-27-24(6-3-10-30-27)25-9-11-29-19-31-25)28(35)32-23-5-2-4-21(16-23)18-34-12-14-36-15-13-34/h2-11,16-17,19H,12-15,18H2,1H3,(H,30,33)(H,32,35). The number of hydrogen-bond acceptors (Lipinski definition) is 7. The normalized spacial score (nSPS) is 13.8. The molecule has 1 saturated heterocycles. The van der Waals surface area contributed by atoms with Crippen LogP contribution >= 0.6 is 0 Å². The van der Waals surface area contributed by atoms with Crippen molar-refractivity contribution in [2.45, 2.75) is 13.5 Å². The fraction of sp³-hybridized carbons (Fsp3) is 0.214. The summed E-state index contributed by atoms with van der Waals surface area (Å²) >= 11 is 0. The summed E-state index contributed by atoms with van der Waals surface area (Å²) in [5, 5.41) is 6.43. The molecule has 182 valence electrons. The number of rotatable bonds is 7. The molecule has 4 aromatic rings. The summed E-state index contributed by atoms with van der Waals surface area (Å²) in [5.74, 6) is 0.492. The van der Waals surface area contributed by atoms with Crippen molar-refractivity contribution in [3.63, 3.8) is 0 Å². The lowest BCUT2D eigenvalue weighted by Crippen LogP contribution is -2.35. The quantitative estimate of drug-likeness (QED) is 0.397. The summed E-state index contributed by atoms with van der Waals surface area (Å²) in [6.07, 6.45) is 4.94. The van der Waals surface area contributed by atoms with Gasteiger partial charge in [0.1, 0.15) is 12.1 Å². The van der Waals surface area contributed by atoms with E-state index >= 15 is 0 Å².